The van der Waals surface area contributed by atoms with Gasteiger partial charge in [-0.15, -0.1) is 0 Å². The molecule has 3 N–H and O–H groups in total. The fourth-order valence-electron chi connectivity index (χ4n) is 1.67. The third kappa shape index (κ3) is 3.61. The third-order valence-corrected chi connectivity index (χ3v) is 2.65. The van der Waals surface area contributed by atoms with E-state index in [0.29, 0.717) is 5.69 Å². The van der Waals surface area contributed by atoms with Gasteiger partial charge in [-0.25, -0.2) is 4.98 Å². The fourth-order valence-corrected chi connectivity index (χ4v) is 1.67. The van der Waals surface area contributed by atoms with Crippen LogP contribution in [0.5, 0.6) is 5.75 Å². The second-order valence-corrected chi connectivity index (χ2v) is 4.74. The highest BCUT2D eigenvalue weighted by molar-refractivity contribution is 5.60. The van der Waals surface area contributed by atoms with E-state index in [1.54, 1.807) is 6.20 Å². The van der Waals surface area contributed by atoms with Crippen molar-refractivity contribution >= 4 is 17.2 Å². The number of pyridine rings is 1. The van der Waals surface area contributed by atoms with E-state index in [4.69, 9.17) is 10.5 Å². The molecule has 4 nitrogen and oxygen atoms in total. The molecule has 4 heteroatoms. The van der Waals surface area contributed by atoms with E-state index in [1.807, 2.05) is 51.1 Å². The Labute approximate surface area is 113 Å². The van der Waals surface area contributed by atoms with Crippen LogP contribution in [0.4, 0.5) is 17.2 Å². The summed E-state index contributed by atoms with van der Waals surface area (Å²) in [6.07, 6.45) is 1.84. The summed E-state index contributed by atoms with van der Waals surface area (Å²) < 4.78 is 5.59. The van der Waals surface area contributed by atoms with Crippen LogP contribution in [0.2, 0.25) is 0 Å². The first-order chi connectivity index (χ1) is 9.04. The Bertz CT molecular complexity index is 550. The van der Waals surface area contributed by atoms with Crippen molar-refractivity contribution in [2.45, 2.75) is 26.9 Å². The molecule has 1 aromatic heterocycles. The Morgan fingerprint density at radius 1 is 1.21 bits per heavy atom. The summed E-state index contributed by atoms with van der Waals surface area (Å²) in [5.74, 6) is 1.64. The van der Waals surface area contributed by atoms with Crippen LogP contribution in [0.15, 0.2) is 36.5 Å². The van der Waals surface area contributed by atoms with Crippen molar-refractivity contribution in [3.63, 3.8) is 0 Å². The largest absolute Gasteiger partial charge is 0.491 e. The molecule has 1 aromatic carbocycles. The minimum atomic E-state index is 0.181. The Hall–Kier alpha value is -2.23. The van der Waals surface area contributed by atoms with Crippen molar-refractivity contribution in [2.24, 2.45) is 0 Å². The molecule has 0 unspecified atom stereocenters. The fraction of sp³-hybridized carbons (Fsp3) is 0.267. The van der Waals surface area contributed by atoms with Crippen LogP contribution in [0.1, 0.15) is 19.4 Å². The molecule has 2 rings (SSSR count). The Morgan fingerprint density at radius 3 is 2.47 bits per heavy atom. The number of hydrogen-bond acceptors (Lipinski definition) is 4. The summed E-state index contributed by atoms with van der Waals surface area (Å²) in [6.45, 7) is 5.97. The lowest BCUT2D eigenvalue weighted by Crippen LogP contribution is -2.05. The van der Waals surface area contributed by atoms with Crippen molar-refractivity contribution < 1.29 is 4.74 Å². The van der Waals surface area contributed by atoms with Crippen molar-refractivity contribution in [1.29, 1.82) is 0 Å². The highest BCUT2D eigenvalue weighted by atomic mass is 16.5. The maximum absolute atomic E-state index is 5.74. The van der Waals surface area contributed by atoms with E-state index in [9.17, 15) is 0 Å². The van der Waals surface area contributed by atoms with E-state index in [-0.39, 0.29) is 6.10 Å². The first-order valence-corrected chi connectivity index (χ1v) is 6.30. The topological polar surface area (TPSA) is 60.2 Å². The van der Waals surface area contributed by atoms with Crippen molar-refractivity contribution in [3.05, 3.63) is 42.1 Å². The molecule has 19 heavy (non-hydrogen) atoms. The first kappa shape index (κ1) is 13.2. The summed E-state index contributed by atoms with van der Waals surface area (Å²) in [6, 6.07) is 9.73. The lowest BCUT2D eigenvalue weighted by atomic mass is 10.2. The van der Waals surface area contributed by atoms with Gasteiger partial charge in [-0.3, -0.25) is 0 Å². The van der Waals surface area contributed by atoms with E-state index >= 15 is 0 Å². The number of aromatic nitrogens is 1. The maximum atomic E-state index is 5.74. The predicted octanol–water partition coefficient (Wildman–Crippen LogP) is 3.50. The number of nitrogen functional groups attached to an aromatic ring is 1. The lowest BCUT2D eigenvalue weighted by Gasteiger charge is -2.11. The van der Waals surface area contributed by atoms with Crippen LogP contribution in [-0.4, -0.2) is 11.1 Å². The van der Waals surface area contributed by atoms with E-state index in [0.717, 1.165) is 22.8 Å². The number of nitrogens with one attached hydrogen (secondary N) is 1. The third-order valence-electron chi connectivity index (χ3n) is 2.65. The molecular formula is C15H19N3O. The monoisotopic (exact) mass is 257 g/mol. The second-order valence-electron chi connectivity index (χ2n) is 4.74. The molecule has 1 heterocycles. The summed E-state index contributed by atoms with van der Waals surface area (Å²) in [5.41, 5.74) is 8.42. The van der Waals surface area contributed by atoms with Gasteiger partial charge in [0.2, 0.25) is 0 Å². The molecule has 0 bridgehead atoms. The zero-order valence-corrected chi connectivity index (χ0v) is 11.5. The highest BCUT2D eigenvalue weighted by Gasteiger charge is 2.01. The highest BCUT2D eigenvalue weighted by Crippen LogP contribution is 2.21. The molecule has 0 saturated carbocycles. The average Bonchev–Trinajstić information content (AvgIpc) is 2.36. The molecular weight excluding hydrogens is 238 g/mol. The summed E-state index contributed by atoms with van der Waals surface area (Å²) >= 11 is 0. The van der Waals surface area contributed by atoms with Gasteiger partial charge in [0.1, 0.15) is 11.6 Å². The number of hydrogen-bond donors (Lipinski definition) is 2. The standard InChI is InChI=1S/C15H19N3O/c1-10(2)19-13-6-4-12(5-7-13)18-15-8-11(3)14(16)9-17-15/h4-10H,16H2,1-3H3,(H,17,18). The van der Waals surface area contributed by atoms with Gasteiger partial charge in [0, 0.05) is 5.69 Å². The Kier molecular flexibility index (Phi) is 3.90. The van der Waals surface area contributed by atoms with Crippen LogP contribution in [0, 0.1) is 6.92 Å². The Morgan fingerprint density at radius 2 is 1.89 bits per heavy atom. The molecule has 0 aliphatic carbocycles. The molecule has 2 aromatic rings. The maximum Gasteiger partial charge on any atom is 0.130 e. The van der Waals surface area contributed by atoms with Gasteiger partial charge in [0.05, 0.1) is 18.0 Å². The van der Waals surface area contributed by atoms with Crippen LogP contribution < -0.4 is 15.8 Å². The number of nitrogens with two attached hydrogens (primary N) is 1. The molecule has 0 saturated heterocycles. The molecule has 0 amide bonds. The minimum Gasteiger partial charge on any atom is -0.491 e. The molecule has 0 radical (unpaired) electrons. The zero-order chi connectivity index (χ0) is 13.8. The summed E-state index contributed by atoms with van der Waals surface area (Å²) in [5, 5.41) is 3.23. The minimum absolute atomic E-state index is 0.181. The SMILES string of the molecule is Cc1cc(Nc2ccc(OC(C)C)cc2)ncc1N. The smallest absolute Gasteiger partial charge is 0.130 e. The quantitative estimate of drug-likeness (QED) is 0.880. The Balaban J connectivity index is 2.08. The van der Waals surface area contributed by atoms with Crippen LogP contribution in [0.25, 0.3) is 0 Å². The summed E-state index contributed by atoms with van der Waals surface area (Å²) in [4.78, 5) is 4.24. The summed E-state index contributed by atoms with van der Waals surface area (Å²) in [7, 11) is 0. The first-order valence-electron chi connectivity index (χ1n) is 6.30. The average molecular weight is 257 g/mol. The molecule has 0 fully saturated rings. The van der Waals surface area contributed by atoms with Gasteiger partial charge < -0.3 is 15.8 Å². The van der Waals surface area contributed by atoms with Gasteiger partial charge >= 0.3 is 0 Å². The van der Waals surface area contributed by atoms with Crippen molar-refractivity contribution in [2.75, 3.05) is 11.1 Å². The molecule has 0 aliphatic rings. The van der Waals surface area contributed by atoms with Crippen LogP contribution >= 0.6 is 0 Å². The van der Waals surface area contributed by atoms with Crippen LogP contribution in [0.3, 0.4) is 0 Å². The normalized spacial score (nSPS) is 10.5. The molecule has 0 aliphatic heterocycles. The number of anilines is 3. The van der Waals surface area contributed by atoms with E-state index < -0.39 is 0 Å². The van der Waals surface area contributed by atoms with Crippen molar-refractivity contribution in [3.8, 4) is 5.75 Å². The number of nitrogens with zero attached hydrogens (tertiary/aromatic N) is 1. The van der Waals surface area contributed by atoms with Gasteiger partial charge in [-0.1, -0.05) is 0 Å². The molecule has 0 spiro atoms. The van der Waals surface area contributed by atoms with E-state index in [1.165, 1.54) is 0 Å². The van der Waals surface area contributed by atoms with E-state index in [2.05, 4.69) is 10.3 Å². The molecule has 0 atom stereocenters. The van der Waals surface area contributed by atoms with Gasteiger partial charge in [-0.05, 0) is 56.7 Å². The van der Waals surface area contributed by atoms with Crippen LogP contribution in [-0.2, 0) is 0 Å². The van der Waals surface area contributed by atoms with Gasteiger partial charge in [-0.2, -0.15) is 0 Å². The molecule has 100 valence electrons. The number of ether oxygens (including phenoxy) is 1. The van der Waals surface area contributed by atoms with Gasteiger partial charge in [0.25, 0.3) is 0 Å². The number of rotatable bonds is 4. The number of aryl methyl sites for hydroxylation is 1. The zero-order valence-electron chi connectivity index (χ0n) is 11.5. The predicted molar refractivity (Wildman–Crippen MR) is 78.9 cm³/mol. The van der Waals surface area contributed by atoms with Gasteiger partial charge in [0.15, 0.2) is 0 Å². The van der Waals surface area contributed by atoms with Crippen molar-refractivity contribution in [1.82, 2.24) is 4.98 Å². The lowest BCUT2D eigenvalue weighted by molar-refractivity contribution is 0.242. The number of benzene rings is 1. The second kappa shape index (κ2) is 5.61.